The van der Waals surface area contributed by atoms with Gasteiger partial charge in [0.25, 0.3) is 0 Å². The maximum atomic E-state index is 15.6. The summed E-state index contributed by atoms with van der Waals surface area (Å²) in [5, 5.41) is 3.12. The second kappa shape index (κ2) is 10.1. The molecule has 2 aliphatic heterocycles. The van der Waals surface area contributed by atoms with Gasteiger partial charge in [0.2, 0.25) is 5.91 Å². The average molecular weight is 566 g/mol. The number of rotatable bonds is 6. The molecule has 4 aromatic heterocycles. The van der Waals surface area contributed by atoms with Gasteiger partial charge in [-0.05, 0) is 50.1 Å². The number of fused-ring (bicyclic) bond motifs is 4. The first-order chi connectivity index (χ1) is 20.4. The van der Waals surface area contributed by atoms with Crippen LogP contribution < -0.4 is 15.0 Å². The lowest BCUT2D eigenvalue weighted by atomic mass is 10.0. The van der Waals surface area contributed by atoms with Gasteiger partial charge < -0.3 is 24.4 Å². The van der Waals surface area contributed by atoms with Crippen molar-refractivity contribution in [1.82, 2.24) is 34.4 Å². The third kappa shape index (κ3) is 4.35. The second-order valence-electron chi connectivity index (χ2n) is 10.6. The average Bonchev–Trinajstić information content (AvgIpc) is 3.55. The Hall–Kier alpha value is -5.13. The van der Waals surface area contributed by atoms with E-state index in [1.165, 1.54) is 12.4 Å². The molecule has 0 radical (unpaired) electrons. The van der Waals surface area contributed by atoms with Crippen molar-refractivity contribution >= 4 is 45.4 Å². The Balaban J connectivity index is 1.15. The Morgan fingerprint density at radius 3 is 2.88 bits per heavy atom. The number of amides is 1. The van der Waals surface area contributed by atoms with Gasteiger partial charge in [-0.25, -0.2) is 29.3 Å². The van der Waals surface area contributed by atoms with Crippen molar-refractivity contribution in [2.24, 2.45) is 7.05 Å². The standard InChI is InChI=1S/C30H28FN9O2/c1-4-26(41)39-10-9-18-11-19(39)14-40(18)25-8-6-22-28(37-25)29(34-15-33-22)36-21-5-7-24(17(2)27(21)31)42-20-12-23-30(32-13-20)38(3)16-35-23/h4-8,12-13,15-16,18-19H,1,9-11,14H2,2-3H3,(H,33,34,36). The van der Waals surface area contributed by atoms with E-state index in [-0.39, 0.29) is 23.7 Å². The van der Waals surface area contributed by atoms with Crippen LogP contribution in [0, 0.1) is 12.7 Å². The molecule has 0 saturated carbocycles. The van der Waals surface area contributed by atoms with E-state index in [1.54, 1.807) is 37.6 Å². The van der Waals surface area contributed by atoms with E-state index in [1.807, 2.05) is 28.6 Å². The molecule has 12 heteroatoms. The SMILES string of the molecule is C=CC(=O)N1CCC2CC1CN2c1ccc2ncnc(Nc3ccc(Oc4cnc5c(c4)ncn5C)c(C)c3F)c2n1. The molecule has 1 aromatic carbocycles. The summed E-state index contributed by atoms with van der Waals surface area (Å²) in [6.45, 7) is 6.69. The van der Waals surface area contributed by atoms with Gasteiger partial charge in [-0.3, -0.25) is 4.79 Å². The monoisotopic (exact) mass is 565 g/mol. The Bertz CT molecular complexity index is 1870. The summed E-state index contributed by atoms with van der Waals surface area (Å²) in [7, 11) is 1.86. The predicted molar refractivity (Wildman–Crippen MR) is 156 cm³/mol. The first-order valence-corrected chi connectivity index (χ1v) is 13.7. The normalized spacial score (nSPS) is 18.1. The molecule has 1 amide bonds. The van der Waals surface area contributed by atoms with Crippen LogP contribution in [0.2, 0.25) is 0 Å². The first-order valence-electron chi connectivity index (χ1n) is 13.7. The molecule has 0 aliphatic carbocycles. The van der Waals surface area contributed by atoms with Gasteiger partial charge in [0, 0.05) is 37.8 Å². The summed E-state index contributed by atoms with van der Waals surface area (Å²) in [6, 6.07) is 9.32. The maximum absolute atomic E-state index is 15.6. The molecule has 11 nitrogen and oxygen atoms in total. The van der Waals surface area contributed by atoms with Crippen LogP contribution in [-0.2, 0) is 11.8 Å². The number of aryl methyl sites for hydroxylation is 1. The van der Waals surface area contributed by atoms with Crippen LogP contribution in [0.4, 0.5) is 21.7 Å². The number of piperidine rings is 1. The molecule has 42 heavy (non-hydrogen) atoms. The molecule has 2 atom stereocenters. The van der Waals surface area contributed by atoms with Crippen molar-refractivity contribution in [2.45, 2.75) is 31.8 Å². The minimum atomic E-state index is -0.470. The number of imidazole rings is 1. The highest BCUT2D eigenvalue weighted by molar-refractivity contribution is 5.89. The second-order valence-corrected chi connectivity index (χ2v) is 10.6. The van der Waals surface area contributed by atoms with Gasteiger partial charge in [0.15, 0.2) is 17.3 Å². The molecular formula is C30H28FN9O2. The van der Waals surface area contributed by atoms with Crippen LogP contribution in [0.15, 0.2) is 61.8 Å². The number of halogens is 1. The molecule has 2 saturated heterocycles. The number of hydrogen-bond donors (Lipinski definition) is 1. The fourth-order valence-electron chi connectivity index (χ4n) is 5.91. The van der Waals surface area contributed by atoms with E-state index < -0.39 is 5.82 Å². The lowest BCUT2D eigenvalue weighted by molar-refractivity contribution is -0.128. The van der Waals surface area contributed by atoms with E-state index in [2.05, 4.69) is 36.7 Å². The summed E-state index contributed by atoms with van der Waals surface area (Å²) >= 11 is 0. The number of carbonyl (C=O) groups is 1. The lowest BCUT2D eigenvalue weighted by Gasteiger charge is -2.31. The van der Waals surface area contributed by atoms with E-state index in [4.69, 9.17) is 9.72 Å². The van der Waals surface area contributed by atoms with E-state index in [0.29, 0.717) is 52.5 Å². The van der Waals surface area contributed by atoms with Gasteiger partial charge in [-0.15, -0.1) is 0 Å². The van der Waals surface area contributed by atoms with E-state index in [0.717, 1.165) is 24.3 Å². The topological polar surface area (TPSA) is 114 Å². The molecule has 0 spiro atoms. The lowest BCUT2D eigenvalue weighted by Crippen LogP contribution is -2.43. The number of hydrogen-bond acceptors (Lipinski definition) is 9. The zero-order chi connectivity index (χ0) is 29.0. The molecule has 6 heterocycles. The van der Waals surface area contributed by atoms with E-state index in [9.17, 15) is 4.79 Å². The van der Waals surface area contributed by atoms with Crippen molar-refractivity contribution in [3.63, 3.8) is 0 Å². The third-order valence-electron chi connectivity index (χ3n) is 8.10. The predicted octanol–water partition coefficient (Wildman–Crippen LogP) is 4.66. The molecule has 212 valence electrons. The summed E-state index contributed by atoms with van der Waals surface area (Å²) in [6.07, 6.45) is 7.82. The summed E-state index contributed by atoms with van der Waals surface area (Å²) in [5.41, 5.74) is 3.15. The smallest absolute Gasteiger partial charge is 0.246 e. The van der Waals surface area contributed by atoms with E-state index >= 15 is 4.39 Å². The van der Waals surface area contributed by atoms with Crippen molar-refractivity contribution in [2.75, 3.05) is 23.3 Å². The number of ether oxygens (including phenoxy) is 1. The van der Waals surface area contributed by atoms with Crippen LogP contribution >= 0.6 is 0 Å². The molecule has 2 bridgehead atoms. The zero-order valence-electron chi connectivity index (χ0n) is 23.2. The van der Waals surface area contributed by atoms with Crippen LogP contribution in [-0.4, -0.2) is 65.5 Å². The number of nitrogens with one attached hydrogen (secondary N) is 1. The van der Waals surface area contributed by atoms with Crippen LogP contribution in [0.1, 0.15) is 18.4 Å². The van der Waals surface area contributed by atoms with Crippen molar-refractivity contribution < 1.29 is 13.9 Å². The third-order valence-corrected chi connectivity index (χ3v) is 8.10. The molecule has 7 rings (SSSR count). The molecule has 2 unspecified atom stereocenters. The number of pyridine rings is 2. The number of nitrogens with zero attached hydrogens (tertiary/aromatic N) is 8. The first kappa shape index (κ1) is 25.8. The maximum Gasteiger partial charge on any atom is 0.246 e. The summed E-state index contributed by atoms with van der Waals surface area (Å²) < 4.78 is 23.4. The molecule has 2 fully saturated rings. The van der Waals surface area contributed by atoms with Gasteiger partial charge in [-0.1, -0.05) is 6.58 Å². The van der Waals surface area contributed by atoms with Gasteiger partial charge in [-0.2, -0.15) is 0 Å². The highest BCUT2D eigenvalue weighted by Crippen LogP contribution is 2.36. The Morgan fingerprint density at radius 1 is 1.14 bits per heavy atom. The van der Waals surface area contributed by atoms with Crippen LogP contribution in [0.5, 0.6) is 11.5 Å². The Labute approximate surface area is 240 Å². The fraction of sp³-hybridized carbons (Fsp3) is 0.267. The summed E-state index contributed by atoms with van der Waals surface area (Å²) in [5.74, 6) is 1.50. The number of aromatic nitrogens is 6. The highest BCUT2D eigenvalue weighted by Gasteiger charge is 2.41. The zero-order valence-corrected chi connectivity index (χ0v) is 23.2. The van der Waals surface area contributed by atoms with Crippen LogP contribution in [0.3, 0.4) is 0 Å². The number of likely N-dealkylation sites (tertiary alicyclic amines) is 1. The van der Waals surface area contributed by atoms with Crippen molar-refractivity contribution in [3.05, 3.63) is 73.2 Å². The van der Waals surface area contributed by atoms with Gasteiger partial charge in [0.05, 0.1) is 29.8 Å². The molecular weight excluding hydrogens is 537 g/mol. The van der Waals surface area contributed by atoms with Gasteiger partial charge >= 0.3 is 0 Å². The number of carbonyl (C=O) groups excluding carboxylic acids is 1. The van der Waals surface area contributed by atoms with Gasteiger partial charge in [0.1, 0.15) is 34.7 Å². The largest absolute Gasteiger partial charge is 0.455 e. The van der Waals surface area contributed by atoms with Crippen molar-refractivity contribution in [1.29, 1.82) is 0 Å². The Kier molecular flexibility index (Phi) is 6.18. The number of benzene rings is 1. The quantitative estimate of drug-likeness (QED) is 0.294. The minimum absolute atomic E-state index is 0.0358. The fourth-order valence-corrected chi connectivity index (χ4v) is 5.91. The minimum Gasteiger partial charge on any atom is -0.455 e. The molecule has 2 aliphatic rings. The number of anilines is 3. The van der Waals surface area contributed by atoms with Crippen LogP contribution in [0.25, 0.3) is 22.2 Å². The van der Waals surface area contributed by atoms with Crippen molar-refractivity contribution in [3.8, 4) is 11.5 Å². The summed E-state index contributed by atoms with van der Waals surface area (Å²) in [4.78, 5) is 38.8. The highest BCUT2D eigenvalue weighted by atomic mass is 19.1. The molecule has 5 aromatic rings. The molecule has 1 N–H and O–H groups in total. The Morgan fingerprint density at radius 2 is 2.02 bits per heavy atom.